The van der Waals surface area contributed by atoms with Crippen molar-refractivity contribution in [1.82, 2.24) is 0 Å². The molecule has 4 nitrogen and oxygen atoms in total. The second-order valence-corrected chi connectivity index (χ2v) is 9.98. The highest BCUT2D eigenvalue weighted by molar-refractivity contribution is 5.78. The van der Waals surface area contributed by atoms with E-state index in [9.17, 15) is 40.3 Å². The molecule has 0 aromatic rings. The third kappa shape index (κ3) is 5.50. The Labute approximate surface area is 181 Å². The van der Waals surface area contributed by atoms with Crippen LogP contribution in [0.25, 0.3) is 0 Å². The fourth-order valence-corrected chi connectivity index (χ4v) is 5.84. The van der Waals surface area contributed by atoms with E-state index >= 15 is 0 Å². The minimum Gasteiger partial charge on any atom is -0.459 e. The van der Waals surface area contributed by atoms with Gasteiger partial charge >= 0.3 is 24.0 Å². The number of alkyl halides is 7. The van der Waals surface area contributed by atoms with Crippen LogP contribution in [-0.4, -0.2) is 41.2 Å². The number of esters is 2. The van der Waals surface area contributed by atoms with Crippen LogP contribution in [0.2, 0.25) is 0 Å². The molecule has 0 saturated heterocycles. The first-order chi connectivity index (χ1) is 14.5. The van der Waals surface area contributed by atoms with Crippen molar-refractivity contribution in [2.24, 2.45) is 17.8 Å². The van der Waals surface area contributed by atoms with E-state index in [0.29, 0.717) is 19.3 Å². The van der Waals surface area contributed by atoms with Crippen LogP contribution in [0.4, 0.5) is 30.7 Å². The maximum Gasteiger partial charge on any atom is 0.394 e. The van der Waals surface area contributed by atoms with E-state index in [1.54, 1.807) is 6.92 Å². The van der Waals surface area contributed by atoms with Crippen molar-refractivity contribution in [3.63, 3.8) is 0 Å². The van der Waals surface area contributed by atoms with E-state index in [1.165, 1.54) is 0 Å². The van der Waals surface area contributed by atoms with E-state index < -0.39 is 54.0 Å². The van der Waals surface area contributed by atoms with Crippen LogP contribution < -0.4 is 0 Å². The molecule has 184 valence electrons. The van der Waals surface area contributed by atoms with Gasteiger partial charge in [0, 0.05) is 6.42 Å². The van der Waals surface area contributed by atoms with Crippen molar-refractivity contribution < 1.29 is 49.8 Å². The average Bonchev–Trinajstić information content (AvgIpc) is 2.55. The average molecular weight is 476 g/mol. The zero-order valence-corrected chi connectivity index (χ0v) is 17.9. The Bertz CT molecular complexity index is 735. The molecule has 32 heavy (non-hydrogen) atoms. The molecule has 4 rings (SSSR count). The zero-order valence-electron chi connectivity index (χ0n) is 17.9. The predicted molar refractivity (Wildman–Crippen MR) is 97.0 cm³/mol. The van der Waals surface area contributed by atoms with Gasteiger partial charge in [0.15, 0.2) is 0 Å². The van der Waals surface area contributed by atoms with Crippen LogP contribution in [0.3, 0.4) is 0 Å². The number of hydrogen-bond acceptors (Lipinski definition) is 4. The number of carbonyl (C=O) groups is 2. The van der Waals surface area contributed by atoms with Crippen molar-refractivity contribution in [3.8, 4) is 0 Å². The molecule has 0 aromatic carbocycles. The molecular weight excluding hydrogens is 449 g/mol. The number of halogens is 7. The van der Waals surface area contributed by atoms with Gasteiger partial charge in [-0.15, -0.1) is 0 Å². The maximum atomic E-state index is 14.2. The molecule has 0 N–H and O–H groups in total. The van der Waals surface area contributed by atoms with Crippen LogP contribution in [0, 0.1) is 17.8 Å². The molecule has 4 aliphatic rings. The molecule has 3 unspecified atom stereocenters. The first-order valence-corrected chi connectivity index (χ1v) is 10.8. The standard InChI is InChI=1S/C21H27F7O4/c1-3-12(2)15(29)31-17-5-13-4-14(6-17)8-18(7-13,9-17)32-16(30)20(24,25)10-19(22,23)11-21(26,27)28/h12-14H,3-11H2,1-2H3. The third-order valence-electron chi connectivity index (χ3n) is 6.83. The summed E-state index contributed by atoms with van der Waals surface area (Å²) in [6.07, 6.45) is -7.97. The quantitative estimate of drug-likeness (QED) is 0.327. The first kappa shape index (κ1) is 25.1. The van der Waals surface area contributed by atoms with Gasteiger partial charge in [0.25, 0.3) is 5.92 Å². The smallest absolute Gasteiger partial charge is 0.394 e. The van der Waals surface area contributed by atoms with E-state index in [2.05, 4.69) is 0 Å². The lowest BCUT2D eigenvalue weighted by Crippen LogP contribution is -2.62. The summed E-state index contributed by atoms with van der Waals surface area (Å²) in [5, 5.41) is 0. The highest BCUT2D eigenvalue weighted by atomic mass is 19.4. The van der Waals surface area contributed by atoms with Crippen LogP contribution in [-0.2, 0) is 19.1 Å². The SMILES string of the molecule is CCC(C)C(=O)OC12CC3CC(C1)CC(OC(=O)C(F)(F)CC(F)(F)CC(F)(F)F)(C3)C2. The van der Waals surface area contributed by atoms with Gasteiger partial charge in [-0.1, -0.05) is 13.8 Å². The van der Waals surface area contributed by atoms with Gasteiger partial charge in [0.05, 0.1) is 12.3 Å². The Morgan fingerprint density at radius 2 is 1.41 bits per heavy atom. The third-order valence-corrected chi connectivity index (χ3v) is 6.83. The van der Waals surface area contributed by atoms with Crippen LogP contribution in [0.1, 0.15) is 71.6 Å². The lowest BCUT2D eigenvalue weighted by Gasteiger charge is -2.60. The summed E-state index contributed by atoms with van der Waals surface area (Å²) in [7, 11) is 0. The number of rotatable bonds is 8. The molecule has 4 bridgehead atoms. The minimum atomic E-state index is -5.37. The molecule has 0 aromatic heterocycles. The first-order valence-electron chi connectivity index (χ1n) is 10.8. The minimum absolute atomic E-state index is 0.0179. The van der Waals surface area contributed by atoms with E-state index in [0.717, 1.165) is 6.42 Å². The molecule has 11 heteroatoms. The topological polar surface area (TPSA) is 52.6 Å². The Kier molecular flexibility index (Phi) is 6.30. The Balaban J connectivity index is 1.73. The largest absolute Gasteiger partial charge is 0.459 e. The normalized spacial score (nSPS) is 33.2. The van der Waals surface area contributed by atoms with Gasteiger partial charge in [-0.25, -0.2) is 13.6 Å². The van der Waals surface area contributed by atoms with Gasteiger partial charge in [0.1, 0.15) is 17.6 Å². The van der Waals surface area contributed by atoms with Crippen molar-refractivity contribution in [2.75, 3.05) is 0 Å². The highest BCUT2D eigenvalue weighted by Crippen LogP contribution is 2.60. The lowest BCUT2D eigenvalue weighted by atomic mass is 9.52. The fraction of sp³-hybridized carbons (Fsp3) is 0.905. The van der Waals surface area contributed by atoms with Gasteiger partial charge in [-0.2, -0.15) is 22.0 Å². The summed E-state index contributed by atoms with van der Waals surface area (Å²) in [5.74, 6) is -12.8. The lowest BCUT2D eigenvalue weighted by molar-refractivity contribution is -0.249. The number of ether oxygens (including phenoxy) is 2. The summed E-state index contributed by atoms with van der Waals surface area (Å²) >= 11 is 0. The molecule has 0 heterocycles. The van der Waals surface area contributed by atoms with Crippen LogP contribution in [0.5, 0.6) is 0 Å². The Morgan fingerprint density at radius 3 is 1.88 bits per heavy atom. The molecule has 4 saturated carbocycles. The molecule has 3 atom stereocenters. The fourth-order valence-electron chi connectivity index (χ4n) is 5.84. The molecule has 0 aliphatic heterocycles. The summed E-state index contributed by atoms with van der Waals surface area (Å²) in [4.78, 5) is 24.6. The van der Waals surface area contributed by atoms with Crippen molar-refractivity contribution >= 4 is 11.9 Å². The van der Waals surface area contributed by atoms with Gasteiger partial charge in [-0.3, -0.25) is 4.79 Å². The van der Waals surface area contributed by atoms with Gasteiger partial charge < -0.3 is 9.47 Å². The molecule has 0 radical (unpaired) electrons. The maximum absolute atomic E-state index is 14.2. The van der Waals surface area contributed by atoms with Crippen molar-refractivity contribution in [3.05, 3.63) is 0 Å². The van der Waals surface area contributed by atoms with Crippen molar-refractivity contribution in [2.45, 2.75) is 101 Å². The van der Waals surface area contributed by atoms with Crippen LogP contribution in [0.15, 0.2) is 0 Å². The van der Waals surface area contributed by atoms with E-state index in [4.69, 9.17) is 9.47 Å². The monoisotopic (exact) mass is 476 g/mol. The molecule has 0 amide bonds. The Morgan fingerprint density at radius 1 is 0.906 bits per heavy atom. The van der Waals surface area contributed by atoms with Gasteiger partial charge in [-0.05, 0) is 50.4 Å². The predicted octanol–water partition coefficient (Wildman–Crippen LogP) is 5.82. The van der Waals surface area contributed by atoms with E-state index in [-0.39, 0.29) is 37.0 Å². The van der Waals surface area contributed by atoms with Crippen LogP contribution >= 0.6 is 0 Å². The summed E-state index contributed by atoms with van der Waals surface area (Å²) in [6.45, 7) is 3.51. The molecule has 0 spiro atoms. The number of hydrogen-bond donors (Lipinski definition) is 0. The summed E-state index contributed by atoms with van der Waals surface area (Å²) in [5.41, 5.74) is -2.37. The highest BCUT2D eigenvalue weighted by Gasteiger charge is 2.63. The van der Waals surface area contributed by atoms with Crippen molar-refractivity contribution in [1.29, 1.82) is 0 Å². The Hall–Kier alpha value is -1.55. The summed E-state index contributed by atoms with van der Waals surface area (Å²) < 4.78 is 103. The molecular formula is C21H27F7O4. The second kappa shape index (κ2) is 8.04. The molecule has 4 fully saturated rings. The number of carbonyl (C=O) groups excluding carboxylic acids is 2. The zero-order chi connectivity index (χ0) is 24.2. The van der Waals surface area contributed by atoms with E-state index in [1.807, 2.05) is 6.92 Å². The molecule has 4 aliphatic carbocycles. The van der Waals surface area contributed by atoms with Gasteiger partial charge in [0.2, 0.25) is 0 Å². The second-order valence-electron chi connectivity index (χ2n) is 9.98. The summed E-state index contributed by atoms with van der Waals surface area (Å²) in [6, 6.07) is 0.